The van der Waals surface area contributed by atoms with Crippen LogP contribution in [0.3, 0.4) is 0 Å². The molecule has 1 amide bonds. The Labute approximate surface area is 259 Å². The number of hydrogen-bond acceptors (Lipinski definition) is 7. The first-order chi connectivity index (χ1) is 19.9. The fourth-order valence-electron chi connectivity index (χ4n) is 10.4. The standard InChI is InChI=1S/C32H57N2O8S/c1-19(7-10-29(39)33-11-6-12-34(4,5)17-23(36)18-43(40,41)42)25-8-9-26-31-24(16-28(38)32(25,26)3)30-20(2)13-22(35)14-21(30)15-27(31)37/h14,19-28,30-31,35-38H,6-13,15-18H2,1-5H3,(H-,33,39,40,41,42)/p+1/t19?,20?,21?,22-,23?,24?,25-,26?,27?,28+,30?,31?,32-/m1/s1. The number of likely N-dealkylation sites (N-methyl/N-ethyl adjacent to an activating group) is 1. The summed E-state index contributed by atoms with van der Waals surface area (Å²) in [6.07, 6.45) is 5.62. The first kappa shape index (κ1) is 35.0. The summed E-state index contributed by atoms with van der Waals surface area (Å²) in [6.45, 7) is 7.96. The molecule has 4 aliphatic carbocycles. The van der Waals surface area contributed by atoms with Gasteiger partial charge in [0.2, 0.25) is 5.91 Å². The maximum atomic E-state index is 12.7. The van der Waals surface area contributed by atoms with Gasteiger partial charge in [-0.2, -0.15) is 8.42 Å². The molecule has 13 atom stereocenters. The molecule has 11 heteroatoms. The molecular formula is C32H58N2O8S+. The van der Waals surface area contributed by atoms with E-state index in [1.807, 2.05) is 20.5 Å². The smallest absolute Gasteiger partial charge is 0.267 e. The van der Waals surface area contributed by atoms with E-state index in [-0.39, 0.29) is 53.4 Å². The van der Waals surface area contributed by atoms with E-state index in [0.29, 0.717) is 55.1 Å². The summed E-state index contributed by atoms with van der Waals surface area (Å²) in [7, 11) is -0.488. The van der Waals surface area contributed by atoms with Crippen molar-refractivity contribution < 1.29 is 42.7 Å². The van der Waals surface area contributed by atoms with Gasteiger partial charge in [0.05, 0.1) is 39.0 Å². The van der Waals surface area contributed by atoms with Gasteiger partial charge in [-0.25, -0.2) is 0 Å². The Morgan fingerprint density at radius 3 is 2.49 bits per heavy atom. The van der Waals surface area contributed by atoms with E-state index in [2.05, 4.69) is 26.1 Å². The van der Waals surface area contributed by atoms with Gasteiger partial charge in [-0.3, -0.25) is 9.35 Å². The first-order valence-corrected chi connectivity index (χ1v) is 18.1. The maximum Gasteiger partial charge on any atom is 0.267 e. The summed E-state index contributed by atoms with van der Waals surface area (Å²) in [5.74, 6) is 1.55. The maximum absolute atomic E-state index is 12.7. The average Bonchev–Trinajstić information content (AvgIpc) is 3.21. The molecule has 4 saturated carbocycles. The number of hydrogen-bond donors (Lipinski definition) is 6. The Kier molecular flexibility index (Phi) is 11.0. The number of carbonyl (C=O) groups is 1. The number of nitrogens with one attached hydrogen (secondary N) is 1. The highest BCUT2D eigenvalue weighted by Crippen LogP contribution is 2.66. The highest BCUT2D eigenvalue weighted by atomic mass is 32.2. The Balaban J connectivity index is 1.26. The molecule has 0 aromatic rings. The van der Waals surface area contributed by atoms with Crippen LogP contribution in [-0.2, 0) is 14.9 Å². The molecule has 0 aliphatic heterocycles. The first-order valence-electron chi connectivity index (χ1n) is 16.5. The number of aliphatic hydroxyl groups excluding tert-OH is 4. The molecule has 249 valence electrons. The van der Waals surface area contributed by atoms with Crippen molar-refractivity contribution in [1.29, 1.82) is 0 Å². The van der Waals surface area contributed by atoms with E-state index in [1.165, 1.54) is 0 Å². The largest absolute Gasteiger partial charge is 0.393 e. The summed E-state index contributed by atoms with van der Waals surface area (Å²) < 4.78 is 31.3. The van der Waals surface area contributed by atoms with Gasteiger partial charge in [0.25, 0.3) is 10.1 Å². The summed E-state index contributed by atoms with van der Waals surface area (Å²) in [5, 5.41) is 46.4. The van der Waals surface area contributed by atoms with Crippen LogP contribution in [0, 0.1) is 59.2 Å². The molecule has 6 N–H and O–H groups in total. The minimum atomic E-state index is -4.23. The fourth-order valence-corrected chi connectivity index (χ4v) is 11.0. The third kappa shape index (κ3) is 7.95. The minimum absolute atomic E-state index is 0.00834. The number of amides is 1. The molecule has 9 unspecified atom stereocenters. The topological polar surface area (TPSA) is 164 Å². The zero-order chi connectivity index (χ0) is 31.9. The van der Waals surface area contributed by atoms with E-state index in [9.17, 15) is 33.6 Å². The lowest BCUT2D eigenvalue weighted by Gasteiger charge is -2.60. The van der Waals surface area contributed by atoms with Crippen LogP contribution in [-0.4, -0.2) is 108 Å². The molecule has 0 aromatic heterocycles. The molecule has 0 saturated heterocycles. The monoisotopic (exact) mass is 630 g/mol. The Morgan fingerprint density at radius 1 is 1.12 bits per heavy atom. The molecule has 10 nitrogen and oxygen atoms in total. The van der Waals surface area contributed by atoms with Gasteiger partial charge in [-0.15, -0.1) is 0 Å². The Hall–Kier alpha value is -0.820. The van der Waals surface area contributed by atoms with Gasteiger partial charge in [0.15, 0.2) is 0 Å². The SMILES string of the molecule is CC1C[C@@H](O)[CH]C2CC(O)C3C(C[C@H](O)[C@@]4(C)C3CC[C@@H]4C(C)CCC(=O)NCCC[N+](C)(C)CC(O)CS(=O)(=O)O)C12. The second-order valence-corrected chi connectivity index (χ2v) is 17.1. The molecule has 4 fully saturated rings. The quantitative estimate of drug-likeness (QED) is 0.108. The van der Waals surface area contributed by atoms with Crippen LogP contribution in [0.2, 0.25) is 0 Å². The van der Waals surface area contributed by atoms with Crippen molar-refractivity contribution in [2.24, 2.45) is 52.8 Å². The third-order valence-corrected chi connectivity index (χ3v) is 12.9. The van der Waals surface area contributed by atoms with Crippen LogP contribution in [0.1, 0.15) is 72.1 Å². The zero-order valence-corrected chi connectivity index (χ0v) is 27.6. The minimum Gasteiger partial charge on any atom is -0.393 e. The van der Waals surface area contributed by atoms with Crippen molar-refractivity contribution in [3.05, 3.63) is 6.42 Å². The van der Waals surface area contributed by atoms with E-state index >= 15 is 0 Å². The van der Waals surface area contributed by atoms with Gasteiger partial charge < -0.3 is 30.2 Å². The Bertz CT molecular complexity index is 1070. The molecule has 0 heterocycles. The van der Waals surface area contributed by atoms with Gasteiger partial charge in [-0.1, -0.05) is 20.8 Å². The molecule has 0 spiro atoms. The fraction of sp³-hybridized carbons (Fsp3) is 0.938. The number of rotatable bonds is 12. The van der Waals surface area contributed by atoms with Gasteiger partial charge >= 0.3 is 0 Å². The van der Waals surface area contributed by atoms with Crippen molar-refractivity contribution in [2.75, 3.05) is 39.5 Å². The van der Waals surface area contributed by atoms with Gasteiger partial charge in [-0.05, 0) is 97.7 Å². The predicted molar refractivity (Wildman–Crippen MR) is 164 cm³/mol. The molecule has 43 heavy (non-hydrogen) atoms. The number of nitrogens with zero attached hydrogens (tertiary/aromatic N) is 1. The van der Waals surface area contributed by atoms with Crippen LogP contribution in [0.25, 0.3) is 0 Å². The van der Waals surface area contributed by atoms with Gasteiger partial charge in [0.1, 0.15) is 18.4 Å². The average molecular weight is 631 g/mol. The molecule has 1 radical (unpaired) electrons. The zero-order valence-electron chi connectivity index (χ0n) is 26.8. The van der Waals surface area contributed by atoms with Crippen LogP contribution in [0.5, 0.6) is 0 Å². The van der Waals surface area contributed by atoms with Crippen LogP contribution in [0.4, 0.5) is 0 Å². The predicted octanol–water partition coefficient (Wildman–Crippen LogP) is 1.87. The highest BCUT2D eigenvalue weighted by Gasteiger charge is 2.63. The van der Waals surface area contributed by atoms with Crippen molar-refractivity contribution in [3.63, 3.8) is 0 Å². The van der Waals surface area contributed by atoms with E-state index in [4.69, 9.17) is 4.55 Å². The van der Waals surface area contributed by atoms with Crippen molar-refractivity contribution in [2.45, 2.75) is 96.6 Å². The lowest BCUT2D eigenvalue weighted by atomic mass is 9.46. The molecule has 4 aliphatic rings. The van der Waals surface area contributed by atoms with E-state index < -0.39 is 40.3 Å². The lowest BCUT2D eigenvalue weighted by molar-refractivity contribution is -0.893. The second-order valence-electron chi connectivity index (χ2n) is 15.6. The number of carbonyl (C=O) groups excluding carboxylic acids is 1. The van der Waals surface area contributed by atoms with Crippen LogP contribution >= 0.6 is 0 Å². The van der Waals surface area contributed by atoms with Crippen LogP contribution in [0.15, 0.2) is 0 Å². The summed E-state index contributed by atoms with van der Waals surface area (Å²) in [5.41, 5.74) is -0.282. The number of aliphatic hydroxyl groups is 4. The Morgan fingerprint density at radius 2 is 1.81 bits per heavy atom. The second kappa shape index (κ2) is 13.5. The molecule has 0 bridgehead atoms. The normalized spacial score (nSPS) is 41.1. The third-order valence-electron chi connectivity index (χ3n) is 12.1. The van der Waals surface area contributed by atoms with E-state index in [1.54, 1.807) is 0 Å². The summed E-state index contributed by atoms with van der Waals surface area (Å²) >= 11 is 0. The van der Waals surface area contributed by atoms with Crippen molar-refractivity contribution in [3.8, 4) is 0 Å². The number of fused-ring (bicyclic) bond motifs is 5. The van der Waals surface area contributed by atoms with E-state index in [0.717, 1.165) is 25.7 Å². The van der Waals surface area contributed by atoms with Crippen molar-refractivity contribution in [1.82, 2.24) is 5.32 Å². The highest BCUT2D eigenvalue weighted by molar-refractivity contribution is 7.85. The molecule has 4 rings (SSSR count). The number of quaternary nitrogens is 1. The lowest BCUT2D eigenvalue weighted by Crippen LogP contribution is -2.60. The summed E-state index contributed by atoms with van der Waals surface area (Å²) in [6, 6.07) is 0. The molecule has 0 aromatic carbocycles. The molecular weight excluding hydrogens is 572 g/mol. The van der Waals surface area contributed by atoms with Crippen molar-refractivity contribution >= 4 is 16.0 Å². The van der Waals surface area contributed by atoms with Gasteiger partial charge in [0, 0.05) is 19.4 Å². The summed E-state index contributed by atoms with van der Waals surface area (Å²) in [4.78, 5) is 12.7. The van der Waals surface area contributed by atoms with Crippen LogP contribution < -0.4 is 5.32 Å².